The average molecular weight is 546 g/mol. The summed E-state index contributed by atoms with van der Waals surface area (Å²) in [6.07, 6.45) is 6.17. The summed E-state index contributed by atoms with van der Waals surface area (Å²) >= 11 is 0. The van der Waals surface area contributed by atoms with Crippen molar-refractivity contribution in [1.82, 2.24) is 15.5 Å². The van der Waals surface area contributed by atoms with Gasteiger partial charge in [-0.2, -0.15) is 0 Å². The molecule has 0 aromatic heterocycles. The molecule has 2 rings (SSSR count). The van der Waals surface area contributed by atoms with E-state index in [1.165, 1.54) is 30.6 Å². The molecule has 0 heterocycles. The van der Waals surface area contributed by atoms with Crippen molar-refractivity contribution in [2.45, 2.75) is 45.6 Å². The molecule has 0 saturated heterocycles. The molecule has 0 radical (unpaired) electrons. The minimum absolute atomic E-state index is 0. The van der Waals surface area contributed by atoms with Crippen molar-refractivity contribution >= 4 is 35.8 Å². The third-order valence-corrected chi connectivity index (χ3v) is 5.72. The number of nitrogens with zero attached hydrogens (tertiary/aromatic N) is 2. The van der Waals surface area contributed by atoms with Gasteiger partial charge < -0.3 is 25.0 Å². The van der Waals surface area contributed by atoms with Gasteiger partial charge in [0, 0.05) is 47.4 Å². The first-order valence-corrected chi connectivity index (χ1v) is 10.9. The largest absolute Gasteiger partial charge is 0.484 e. The van der Waals surface area contributed by atoms with E-state index in [0.717, 1.165) is 37.7 Å². The molecule has 1 aliphatic rings. The predicted molar refractivity (Wildman–Crippen MR) is 136 cm³/mol. The summed E-state index contributed by atoms with van der Waals surface area (Å²) in [7, 11) is 5.23. The van der Waals surface area contributed by atoms with Crippen LogP contribution in [0.15, 0.2) is 29.3 Å². The fourth-order valence-electron chi connectivity index (χ4n) is 3.77. The van der Waals surface area contributed by atoms with E-state index in [9.17, 15) is 4.79 Å². The summed E-state index contributed by atoms with van der Waals surface area (Å²) in [6, 6.07) is 7.77. The lowest BCUT2D eigenvalue weighted by Gasteiger charge is -2.30. The van der Waals surface area contributed by atoms with Gasteiger partial charge in [-0.05, 0) is 49.3 Å². The van der Waals surface area contributed by atoms with E-state index in [-0.39, 0.29) is 36.5 Å². The highest BCUT2D eigenvalue weighted by atomic mass is 127. The zero-order valence-electron chi connectivity index (χ0n) is 19.4. The van der Waals surface area contributed by atoms with Crippen LogP contribution in [-0.2, 0) is 16.1 Å². The molecule has 1 aromatic carbocycles. The van der Waals surface area contributed by atoms with Crippen LogP contribution in [0.4, 0.5) is 0 Å². The molecule has 2 N–H and O–H groups in total. The van der Waals surface area contributed by atoms with Crippen molar-refractivity contribution in [2.75, 3.05) is 47.5 Å². The number of benzene rings is 1. The van der Waals surface area contributed by atoms with Crippen LogP contribution in [0.1, 0.15) is 44.6 Å². The van der Waals surface area contributed by atoms with Gasteiger partial charge in [0.15, 0.2) is 12.6 Å². The standard InChI is InChI=1S/C23H38N4O3.HI/c1-5-29-14-13-23(11-6-7-12-23)18-26-22(24-2)25-16-19-9-8-10-20(15-19)30-17-21(28)27(3)4;/h8-10,15H,5-7,11-14,16-18H2,1-4H3,(H2,24,25,26);1H. The highest BCUT2D eigenvalue weighted by Gasteiger charge is 2.33. The quantitative estimate of drug-likeness (QED) is 0.193. The molecule has 7 nitrogen and oxygen atoms in total. The lowest BCUT2D eigenvalue weighted by Crippen LogP contribution is -2.43. The Morgan fingerprint density at radius 3 is 2.61 bits per heavy atom. The minimum atomic E-state index is -0.0618. The summed E-state index contributed by atoms with van der Waals surface area (Å²) in [5, 5.41) is 6.90. The lowest BCUT2D eigenvalue weighted by molar-refractivity contribution is -0.130. The second kappa shape index (κ2) is 14.5. The number of guanidine groups is 1. The number of hydrogen-bond acceptors (Lipinski definition) is 4. The van der Waals surface area contributed by atoms with Crippen LogP contribution in [0, 0.1) is 5.41 Å². The molecule has 1 amide bonds. The fourth-order valence-corrected chi connectivity index (χ4v) is 3.77. The molecular formula is C23H39IN4O3. The normalized spacial score (nSPS) is 15.2. The number of nitrogens with one attached hydrogen (secondary N) is 2. The predicted octanol–water partition coefficient (Wildman–Crippen LogP) is 3.42. The highest BCUT2D eigenvalue weighted by Crippen LogP contribution is 2.40. The third kappa shape index (κ3) is 9.64. The monoisotopic (exact) mass is 546 g/mol. The van der Waals surface area contributed by atoms with Crippen LogP contribution in [0.5, 0.6) is 5.75 Å². The van der Waals surface area contributed by atoms with E-state index >= 15 is 0 Å². The Morgan fingerprint density at radius 1 is 1.23 bits per heavy atom. The topological polar surface area (TPSA) is 75.2 Å². The van der Waals surface area contributed by atoms with Gasteiger partial charge in [0.25, 0.3) is 5.91 Å². The zero-order chi connectivity index (χ0) is 21.8. The summed E-state index contributed by atoms with van der Waals surface area (Å²) in [5.41, 5.74) is 1.37. The SMILES string of the molecule is CCOCCC1(CNC(=NC)NCc2cccc(OCC(=O)N(C)C)c2)CCCC1.I. The summed E-state index contributed by atoms with van der Waals surface area (Å²) in [4.78, 5) is 17.6. The number of likely N-dealkylation sites (N-methyl/N-ethyl adjacent to an activating group) is 1. The van der Waals surface area contributed by atoms with Crippen molar-refractivity contribution in [2.24, 2.45) is 10.4 Å². The van der Waals surface area contributed by atoms with Crippen LogP contribution < -0.4 is 15.4 Å². The molecule has 1 aromatic rings. The first kappa shape index (κ1) is 27.5. The van der Waals surface area contributed by atoms with Gasteiger partial charge in [0.2, 0.25) is 0 Å². The number of halogens is 1. The first-order chi connectivity index (χ1) is 14.5. The summed E-state index contributed by atoms with van der Waals surface area (Å²) < 4.78 is 11.2. The molecule has 176 valence electrons. The number of ether oxygens (including phenoxy) is 2. The third-order valence-electron chi connectivity index (χ3n) is 5.72. The van der Waals surface area contributed by atoms with E-state index in [2.05, 4.69) is 15.6 Å². The number of aliphatic imine (C=N–C) groups is 1. The summed E-state index contributed by atoms with van der Waals surface area (Å²) in [5.74, 6) is 1.42. The number of carbonyl (C=O) groups excluding carboxylic acids is 1. The maximum atomic E-state index is 11.7. The summed E-state index contributed by atoms with van der Waals surface area (Å²) in [6.45, 7) is 5.23. The Hall–Kier alpha value is -1.55. The molecule has 1 fully saturated rings. The number of amides is 1. The van der Waals surface area contributed by atoms with Crippen LogP contribution >= 0.6 is 24.0 Å². The van der Waals surface area contributed by atoms with Crippen molar-refractivity contribution in [3.63, 3.8) is 0 Å². The Bertz CT molecular complexity index is 691. The Morgan fingerprint density at radius 2 is 1.97 bits per heavy atom. The van der Waals surface area contributed by atoms with Gasteiger partial charge in [-0.25, -0.2) is 0 Å². The fraction of sp³-hybridized carbons (Fsp3) is 0.652. The van der Waals surface area contributed by atoms with Crippen molar-refractivity contribution < 1.29 is 14.3 Å². The molecule has 0 aliphatic heterocycles. The maximum absolute atomic E-state index is 11.7. The van der Waals surface area contributed by atoms with Crippen LogP contribution in [0.25, 0.3) is 0 Å². The van der Waals surface area contributed by atoms with Crippen LogP contribution in [0.3, 0.4) is 0 Å². The van der Waals surface area contributed by atoms with Gasteiger partial charge in [-0.15, -0.1) is 24.0 Å². The van der Waals surface area contributed by atoms with E-state index in [1.54, 1.807) is 21.1 Å². The van der Waals surface area contributed by atoms with Gasteiger partial charge in [-0.3, -0.25) is 9.79 Å². The molecule has 1 saturated carbocycles. The van der Waals surface area contributed by atoms with Crippen molar-refractivity contribution in [3.8, 4) is 5.75 Å². The Kier molecular flexibility index (Phi) is 12.9. The van der Waals surface area contributed by atoms with Crippen molar-refractivity contribution in [3.05, 3.63) is 29.8 Å². The molecule has 0 bridgehead atoms. The molecule has 0 spiro atoms. The molecule has 1 aliphatic carbocycles. The molecule has 31 heavy (non-hydrogen) atoms. The van der Waals surface area contributed by atoms with Gasteiger partial charge in [0.05, 0.1) is 0 Å². The Balaban J connectivity index is 0.00000480. The molecular weight excluding hydrogens is 507 g/mol. The molecule has 0 atom stereocenters. The maximum Gasteiger partial charge on any atom is 0.259 e. The smallest absolute Gasteiger partial charge is 0.259 e. The van der Waals surface area contributed by atoms with E-state index in [4.69, 9.17) is 9.47 Å². The second-order valence-electron chi connectivity index (χ2n) is 8.16. The van der Waals surface area contributed by atoms with E-state index in [1.807, 2.05) is 31.2 Å². The molecule has 0 unspecified atom stereocenters. The number of carbonyl (C=O) groups is 1. The minimum Gasteiger partial charge on any atom is -0.484 e. The average Bonchev–Trinajstić information content (AvgIpc) is 3.21. The van der Waals surface area contributed by atoms with Crippen LogP contribution in [-0.4, -0.2) is 64.3 Å². The molecule has 8 heteroatoms. The van der Waals surface area contributed by atoms with E-state index < -0.39 is 0 Å². The first-order valence-electron chi connectivity index (χ1n) is 10.9. The van der Waals surface area contributed by atoms with Gasteiger partial charge in [-0.1, -0.05) is 25.0 Å². The lowest BCUT2D eigenvalue weighted by atomic mass is 9.83. The second-order valence-corrected chi connectivity index (χ2v) is 8.16. The van der Waals surface area contributed by atoms with Gasteiger partial charge in [0.1, 0.15) is 5.75 Å². The van der Waals surface area contributed by atoms with E-state index in [0.29, 0.717) is 17.7 Å². The zero-order valence-corrected chi connectivity index (χ0v) is 21.7. The van der Waals surface area contributed by atoms with Crippen LogP contribution in [0.2, 0.25) is 0 Å². The Labute approximate surface area is 204 Å². The number of rotatable bonds is 11. The number of hydrogen-bond donors (Lipinski definition) is 2. The van der Waals surface area contributed by atoms with Gasteiger partial charge >= 0.3 is 0 Å². The van der Waals surface area contributed by atoms with Crippen molar-refractivity contribution in [1.29, 1.82) is 0 Å². The highest BCUT2D eigenvalue weighted by molar-refractivity contribution is 14.0.